The average molecular weight is 297 g/mol. The van der Waals surface area contributed by atoms with E-state index in [0.29, 0.717) is 18.7 Å². The van der Waals surface area contributed by atoms with E-state index in [1.165, 1.54) is 0 Å². The maximum Gasteiger partial charge on any atom is 0.312 e. The third-order valence-electron chi connectivity index (χ3n) is 3.30. The molecule has 0 unspecified atom stereocenters. The van der Waals surface area contributed by atoms with E-state index >= 15 is 0 Å². The summed E-state index contributed by atoms with van der Waals surface area (Å²) in [6.07, 6.45) is 0. The molecule has 0 aliphatic heterocycles. The molecular weight excluding hydrogens is 278 g/mol. The van der Waals surface area contributed by atoms with E-state index in [1.807, 2.05) is 49.4 Å². The van der Waals surface area contributed by atoms with Gasteiger partial charge in [-0.1, -0.05) is 30.3 Å². The van der Waals surface area contributed by atoms with Gasteiger partial charge in [0, 0.05) is 24.3 Å². The van der Waals surface area contributed by atoms with Crippen LogP contribution in [-0.2, 0) is 6.54 Å². The number of nitrogens with two attached hydrogens (primary N) is 1. The number of benzene rings is 2. The summed E-state index contributed by atoms with van der Waals surface area (Å²) in [6, 6.07) is 16.1. The van der Waals surface area contributed by atoms with Crippen molar-refractivity contribution in [2.45, 2.75) is 13.5 Å². The fourth-order valence-electron chi connectivity index (χ4n) is 2.16. The summed E-state index contributed by atoms with van der Waals surface area (Å²) in [5, 5.41) is 2.51. The number of rotatable bonds is 5. The number of primary amides is 1. The van der Waals surface area contributed by atoms with Gasteiger partial charge in [0.2, 0.25) is 0 Å². The van der Waals surface area contributed by atoms with Crippen LogP contribution in [0.25, 0.3) is 0 Å². The molecule has 0 atom stereocenters. The van der Waals surface area contributed by atoms with Gasteiger partial charge in [-0.2, -0.15) is 0 Å². The molecule has 0 saturated carbocycles. The molecule has 3 N–H and O–H groups in total. The third-order valence-corrected chi connectivity index (χ3v) is 3.30. The fraction of sp³-hybridized carbons (Fsp3) is 0.176. The Labute approximate surface area is 129 Å². The van der Waals surface area contributed by atoms with Gasteiger partial charge in [0.1, 0.15) is 0 Å². The Hall–Kier alpha value is -2.82. The highest BCUT2D eigenvalue weighted by atomic mass is 16.2. The van der Waals surface area contributed by atoms with Gasteiger partial charge in [-0.3, -0.25) is 4.79 Å². The van der Waals surface area contributed by atoms with Crippen LogP contribution in [0.4, 0.5) is 10.5 Å². The van der Waals surface area contributed by atoms with Crippen molar-refractivity contribution < 1.29 is 9.59 Å². The second-order valence-corrected chi connectivity index (χ2v) is 4.80. The lowest BCUT2D eigenvalue weighted by molar-refractivity contribution is 0.0988. The first-order chi connectivity index (χ1) is 10.6. The normalized spacial score (nSPS) is 10.0. The number of anilines is 1. The van der Waals surface area contributed by atoms with Gasteiger partial charge in [0.15, 0.2) is 0 Å². The van der Waals surface area contributed by atoms with Crippen LogP contribution in [0.2, 0.25) is 0 Å². The van der Waals surface area contributed by atoms with Crippen molar-refractivity contribution in [1.29, 1.82) is 0 Å². The predicted octanol–water partition coefficient (Wildman–Crippen LogP) is 2.52. The molecule has 0 bridgehead atoms. The topological polar surface area (TPSA) is 75.4 Å². The molecule has 0 heterocycles. The molecule has 2 aromatic rings. The molecule has 0 aliphatic rings. The smallest absolute Gasteiger partial charge is 0.312 e. The summed E-state index contributed by atoms with van der Waals surface area (Å²) in [5.41, 5.74) is 7.39. The number of nitrogens with one attached hydrogen (secondary N) is 1. The Morgan fingerprint density at radius 2 is 1.68 bits per heavy atom. The van der Waals surface area contributed by atoms with Crippen LogP contribution in [-0.4, -0.2) is 18.5 Å². The Morgan fingerprint density at radius 1 is 1.05 bits per heavy atom. The van der Waals surface area contributed by atoms with Crippen molar-refractivity contribution in [3.8, 4) is 0 Å². The molecule has 0 aromatic heterocycles. The zero-order valence-electron chi connectivity index (χ0n) is 12.5. The number of hydrogen-bond acceptors (Lipinski definition) is 2. The fourth-order valence-corrected chi connectivity index (χ4v) is 2.16. The van der Waals surface area contributed by atoms with E-state index in [-0.39, 0.29) is 5.91 Å². The number of nitrogens with zero attached hydrogens (tertiary/aromatic N) is 1. The highest BCUT2D eigenvalue weighted by Gasteiger charge is 2.15. The maximum atomic E-state index is 12.6. The van der Waals surface area contributed by atoms with E-state index in [4.69, 9.17) is 5.73 Å². The first kappa shape index (κ1) is 15.6. The van der Waals surface area contributed by atoms with Crippen LogP contribution in [0.5, 0.6) is 0 Å². The minimum Gasteiger partial charge on any atom is -0.352 e. The van der Waals surface area contributed by atoms with E-state index in [0.717, 1.165) is 11.3 Å². The molecule has 2 rings (SSSR count). The zero-order chi connectivity index (χ0) is 15.9. The Kier molecular flexibility index (Phi) is 5.14. The first-order valence-electron chi connectivity index (χ1n) is 7.11. The SMILES string of the molecule is CCN(C(=O)c1ccc(CNC(N)=O)cc1)c1ccccc1. The summed E-state index contributed by atoms with van der Waals surface area (Å²) in [7, 11) is 0. The summed E-state index contributed by atoms with van der Waals surface area (Å²) in [4.78, 5) is 25.0. The monoisotopic (exact) mass is 297 g/mol. The average Bonchev–Trinajstić information content (AvgIpc) is 2.55. The minimum atomic E-state index is -0.568. The van der Waals surface area contributed by atoms with Crippen LogP contribution in [0, 0.1) is 0 Å². The number of hydrogen-bond donors (Lipinski definition) is 2. The van der Waals surface area contributed by atoms with Crippen molar-refractivity contribution in [3.63, 3.8) is 0 Å². The van der Waals surface area contributed by atoms with Crippen LogP contribution in [0.3, 0.4) is 0 Å². The minimum absolute atomic E-state index is 0.0527. The molecule has 0 fully saturated rings. The highest BCUT2D eigenvalue weighted by molar-refractivity contribution is 6.06. The second-order valence-electron chi connectivity index (χ2n) is 4.80. The standard InChI is InChI=1S/C17H19N3O2/c1-2-20(15-6-4-3-5-7-15)16(21)14-10-8-13(9-11-14)12-19-17(18)22/h3-11H,2,12H2,1H3,(H3,18,19,22). The summed E-state index contributed by atoms with van der Waals surface area (Å²) < 4.78 is 0. The first-order valence-corrected chi connectivity index (χ1v) is 7.11. The Bertz CT molecular complexity index is 639. The van der Waals surface area contributed by atoms with E-state index in [1.54, 1.807) is 17.0 Å². The molecular formula is C17H19N3O2. The lowest BCUT2D eigenvalue weighted by Gasteiger charge is -2.21. The Balaban J connectivity index is 2.13. The second kappa shape index (κ2) is 7.26. The summed E-state index contributed by atoms with van der Waals surface area (Å²) in [6.45, 7) is 2.88. The largest absolute Gasteiger partial charge is 0.352 e. The lowest BCUT2D eigenvalue weighted by Crippen LogP contribution is -2.30. The van der Waals surface area contributed by atoms with Gasteiger partial charge in [0.25, 0.3) is 5.91 Å². The zero-order valence-corrected chi connectivity index (χ0v) is 12.5. The molecule has 0 aliphatic carbocycles. The van der Waals surface area contributed by atoms with Crippen molar-refractivity contribution in [3.05, 3.63) is 65.7 Å². The molecule has 3 amide bonds. The number of urea groups is 1. The van der Waals surface area contributed by atoms with Crippen molar-refractivity contribution in [1.82, 2.24) is 5.32 Å². The number of amides is 3. The summed E-state index contributed by atoms with van der Waals surface area (Å²) >= 11 is 0. The van der Waals surface area contributed by atoms with Gasteiger partial charge in [-0.25, -0.2) is 4.79 Å². The molecule has 0 spiro atoms. The van der Waals surface area contributed by atoms with Crippen LogP contribution >= 0.6 is 0 Å². The maximum absolute atomic E-state index is 12.6. The third kappa shape index (κ3) is 3.85. The van der Waals surface area contributed by atoms with E-state index < -0.39 is 6.03 Å². The van der Waals surface area contributed by atoms with Crippen LogP contribution in [0.15, 0.2) is 54.6 Å². The highest BCUT2D eigenvalue weighted by Crippen LogP contribution is 2.17. The predicted molar refractivity (Wildman–Crippen MR) is 86.7 cm³/mol. The van der Waals surface area contributed by atoms with E-state index in [2.05, 4.69) is 5.32 Å². The van der Waals surface area contributed by atoms with Gasteiger partial charge in [-0.15, -0.1) is 0 Å². The number of carbonyl (C=O) groups is 2. The molecule has 22 heavy (non-hydrogen) atoms. The van der Waals surface area contributed by atoms with Crippen LogP contribution < -0.4 is 16.0 Å². The van der Waals surface area contributed by atoms with Crippen molar-refractivity contribution >= 4 is 17.6 Å². The lowest BCUT2D eigenvalue weighted by atomic mass is 10.1. The number of para-hydroxylation sites is 1. The summed E-state index contributed by atoms with van der Waals surface area (Å²) in [5.74, 6) is -0.0527. The molecule has 5 heteroatoms. The molecule has 5 nitrogen and oxygen atoms in total. The molecule has 0 saturated heterocycles. The van der Waals surface area contributed by atoms with E-state index in [9.17, 15) is 9.59 Å². The Morgan fingerprint density at radius 3 is 2.23 bits per heavy atom. The van der Waals surface area contributed by atoms with Gasteiger partial charge < -0.3 is 16.0 Å². The van der Waals surface area contributed by atoms with Gasteiger partial charge in [0.05, 0.1) is 0 Å². The van der Waals surface area contributed by atoms with Gasteiger partial charge >= 0.3 is 6.03 Å². The van der Waals surface area contributed by atoms with Gasteiger partial charge in [-0.05, 0) is 36.8 Å². The molecule has 114 valence electrons. The van der Waals surface area contributed by atoms with Crippen molar-refractivity contribution in [2.75, 3.05) is 11.4 Å². The van der Waals surface area contributed by atoms with Crippen molar-refractivity contribution in [2.24, 2.45) is 5.73 Å². The molecule has 0 radical (unpaired) electrons. The van der Waals surface area contributed by atoms with Crippen LogP contribution in [0.1, 0.15) is 22.8 Å². The quantitative estimate of drug-likeness (QED) is 0.889. The number of carbonyl (C=O) groups excluding carboxylic acids is 2. The molecule has 2 aromatic carbocycles.